The normalized spacial score (nSPS) is 42.9. The Kier molecular flexibility index (Phi) is 8.28. The molecule has 168 valence electrons. The second kappa shape index (κ2) is 10.1. The van der Waals surface area contributed by atoms with Crippen molar-refractivity contribution in [3.63, 3.8) is 0 Å². The minimum atomic E-state index is -1.66. The van der Waals surface area contributed by atoms with Crippen molar-refractivity contribution in [1.29, 1.82) is 0 Å². The average Bonchev–Trinajstić information content (AvgIpc) is 2.65. The van der Waals surface area contributed by atoms with Crippen LogP contribution in [0.15, 0.2) is 0 Å². The summed E-state index contributed by atoms with van der Waals surface area (Å²) in [6.07, 6.45) is -11.8. The molecule has 0 unspecified atom stereocenters. The van der Waals surface area contributed by atoms with Crippen LogP contribution in [-0.2, 0) is 23.8 Å². The van der Waals surface area contributed by atoms with Crippen LogP contribution in [-0.4, -0.2) is 117 Å². The summed E-state index contributed by atoms with van der Waals surface area (Å²) in [5.41, 5.74) is 0. The summed E-state index contributed by atoms with van der Waals surface area (Å²) in [5, 5.41) is 64.5. The molecule has 0 aromatic heterocycles. The van der Waals surface area contributed by atoms with Crippen molar-refractivity contribution in [2.75, 3.05) is 13.2 Å². The van der Waals surface area contributed by atoms with Gasteiger partial charge in [-0.1, -0.05) is 0 Å². The minimum Gasteiger partial charge on any atom is -0.394 e. The lowest BCUT2D eigenvalue weighted by molar-refractivity contribution is -0.323. The van der Waals surface area contributed by atoms with E-state index in [0.29, 0.717) is 0 Å². The van der Waals surface area contributed by atoms with Crippen molar-refractivity contribution < 1.29 is 54.4 Å². The van der Waals surface area contributed by atoms with Gasteiger partial charge in [0.1, 0.15) is 48.7 Å². The van der Waals surface area contributed by atoms with Crippen LogP contribution in [0.4, 0.5) is 0 Å². The molecule has 29 heavy (non-hydrogen) atoms. The smallest absolute Gasteiger partial charge is 0.217 e. The highest BCUT2D eigenvalue weighted by Crippen LogP contribution is 2.28. The fourth-order valence-corrected chi connectivity index (χ4v) is 3.38. The molecule has 0 radical (unpaired) electrons. The van der Waals surface area contributed by atoms with E-state index in [9.17, 15) is 40.2 Å². The summed E-state index contributed by atoms with van der Waals surface area (Å²) in [5.74, 6) is -1.16. The third-order valence-corrected chi connectivity index (χ3v) is 4.78. The maximum atomic E-state index is 11.5. The predicted molar refractivity (Wildman–Crippen MR) is 91.8 cm³/mol. The molecule has 2 aliphatic heterocycles. The molecule has 2 amide bonds. The number of nitrogens with one attached hydrogen (secondary N) is 2. The standard InChI is InChI=1S/C16H28N2O11/c1-5(21)17-9-13(25)11(23)7(3-19)28-16(9)29-14-10(18-6(2)22)15(26)27-8(4-20)12(14)24/h7-16,19-20,23-26H,3-4H2,1-2H3,(H,17,21)(H,18,22)/t7-,8-,9-,10-,11-,12+,13-,14-,15-,16+/m1/s1. The van der Waals surface area contributed by atoms with E-state index in [2.05, 4.69) is 10.6 Å². The van der Waals surface area contributed by atoms with E-state index < -0.39 is 86.3 Å². The topological polar surface area (TPSA) is 207 Å². The fraction of sp³-hybridized carbons (Fsp3) is 0.875. The molecule has 0 saturated carbocycles. The van der Waals surface area contributed by atoms with Crippen molar-refractivity contribution in [3.05, 3.63) is 0 Å². The molecular weight excluding hydrogens is 396 g/mol. The Balaban J connectivity index is 2.31. The van der Waals surface area contributed by atoms with Gasteiger partial charge < -0.3 is 55.5 Å². The maximum Gasteiger partial charge on any atom is 0.217 e. The van der Waals surface area contributed by atoms with Crippen molar-refractivity contribution >= 4 is 11.8 Å². The first-order valence-electron chi connectivity index (χ1n) is 9.05. The van der Waals surface area contributed by atoms with E-state index in [1.807, 2.05) is 0 Å². The molecule has 0 spiro atoms. The van der Waals surface area contributed by atoms with Crippen molar-refractivity contribution in [1.82, 2.24) is 10.6 Å². The van der Waals surface area contributed by atoms with Gasteiger partial charge in [0.15, 0.2) is 12.6 Å². The van der Waals surface area contributed by atoms with Crippen molar-refractivity contribution in [3.8, 4) is 0 Å². The van der Waals surface area contributed by atoms with Gasteiger partial charge in [0, 0.05) is 13.8 Å². The molecular formula is C16H28N2O11. The Morgan fingerprint density at radius 1 is 0.828 bits per heavy atom. The second-order valence-electron chi connectivity index (χ2n) is 7.00. The Morgan fingerprint density at radius 3 is 1.86 bits per heavy atom. The van der Waals surface area contributed by atoms with Crippen LogP contribution in [0.5, 0.6) is 0 Å². The molecule has 2 aliphatic rings. The first kappa shape index (κ1) is 23.9. The van der Waals surface area contributed by atoms with Gasteiger partial charge in [-0.3, -0.25) is 9.59 Å². The molecule has 0 bridgehead atoms. The summed E-state index contributed by atoms with van der Waals surface area (Å²) < 4.78 is 16.2. The molecule has 0 aromatic carbocycles. The largest absolute Gasteiger partial charge is 0.394 e. The van der Waals surface area contributed by atoms with E-state index in [1.54, 1.807) is 0 Å². The number of aliphatic hydroxyl groups excluding tert-OH is 6. The SMILES string of the molecule is CC(=O)N[C@@H]1[C@@H](O[C@@H]2O[C@H](CO)[C@@H](O)[C@H](O)[C@H]2NC(C)=O)[C@@H](O)[C@@H](CO)O[C@H]1O. The molecule has 13 nitrogen and oxygen atoms in total. The van der Waals surface area contributed by atoms with Crippen molar-refractivity contribution in [2.45, 2.75) is 75.1 Å². The zero-order chi connectivity index (χ0) is 21.9. The highest BCUT2D eigenvalue weighted by atomic mass is 16.7. The quantitative estimate of drug-likeness (QED) is 0.202. The third kappa shape index (κ3) is 5.39. The lowest BCUT2D eigenvalue weighted by atomic mass is 9.94. The lowest BCUT2D eigenvalue weighted by Gasteiger charge is -2.47. The molecule has 2 rings (SSSR count). The van der Waals surface area contributed by atoms with Gasteiger partial charge in [0.05, 0.1) is 13.2 Å². The van der Waals surface area contributed by atoms with Gasteiger partial charge >= 0.3 is 0 Å². The molecule has 2 heterocycles. The number of ether oxygens (including phenoxy) is 3. The van der Waals surface area contributed by atoms with Crippen LogP contribution < -0.4 is 10.6 Å². The van der Waals surface area contributed by atoms with E-state index >= 15 is 0 Å². The molecule has 0 aliphatic carbocycles. The highest BCUT2D eigenvalue weighted by Gasteiger charge is 2.51. The van der Waals surface area contributed by atoms with E-state index in [1.165, 1.54) is 0 Å². The van der Waals surface area contributed by atoms with Crippen LogP contribution >= 0.6 is 0 Å². The maximum absolute atomic E-state index is 11.5. The summed E-state index contributed by atoms with van der Waals surface area (Å²) in [4.78, 5) is 23.0. The minimum absolute atomic E-state index is 0.576. The van der Waals surface area contributed by atoms with Crippen LogP contribution in [0.2, 0.25) is 0 Å². The zero-order valence-electron chi connectivity index (χ0n) is 15.9. The van der Waals surface area contributed by atoms with Crippen molar-refractivity contribution in [2.24, 2.45) is 0 Å². The monoisotopic (exact) mass is 424 g/mol. The van der Waals surface area contributed by atoms with Gasteiger partial charge in [-0.2, -0.15) is 0 Å². The van der Waals surface area contributed by atoms with Gasteiger partial charge in [-0.25, -0.2) is 0 Å². The van der Waals surface area contributed by atoms with Gasteiger partial charge in [-0.15, -0.1) is 0 Å². The van der Waals surface area contributed by atoms with Crippen LogP contribution in [0.3, 0.4) is 0 Å². The van der Waals surface area contributed by atoms with Gasteiger partial charge in [0.2, 0.25) is 11.8 Å². The zero-order valence-corrected chi connectivity index (χ0v) is 15.9. The number of carbonyl (C=O) groups excluding carboxylic acids is 2. The number of hydrogen-bond donors (Lipinski definition) is 8. The number of aliphatic hydroxyl groups is 6. The first-order chi connectivity index (χ1) is 13.6. The number of hydrogen-bond acceptors (Lipinski definition) is 11. The van der Waals surface area contributed by atoms with E-state index in [0.717, 1.165) is 13.8 Å². The second-order valence-corrected chi connectivity index (χ2v) is 7.00. The van der Waals surface area contributed by atoms with Crippen LogP contribution in [0.25, 0.3) is 0 Å². The summed E-state index contributed by atoms with van der Waals surface area (Å²) in [6, 6.07) is -2.59. The molecule has 0 aromatic rings. The van der Waals surface area contributed by atoms with Crippen LogP contribution in [0.1, 0.15) is 13.8 Å². The fourth-order valence-electron chi connectivity index (χ4n) is 3.38. The Hall–Kier alpha value is -1.42. The molecule has 10 atom stereocenters. The Morgan fingerprint density at radius 2 is 1.34 bits per heavy atom. The lowest BCUT2D eigenvalue weighted by Crippen LogP contribution is -2.69. The molecule has 8 N–H and O–H groups in total. The first-order valence-corrected chi connectivity index (χ1v) is 9.05. The van der Waals surface area contributed by atoms with Gasteiger partial charge in [-0.05, 0) is 0 Å². The summed E-state index contributed by atoms with van der Waals surface area (Å²) in [6.45, 7) is 0.959. The molecule has 2 fully saturated rings. The summed E-state index contributed by atoms with van der Waals surface area (Å²) in [7, 11) is 0. The Labute approximate surface area is 166 Å². The number of amides is 2. The van der Waals surface area contributed by atoms with E-state index in [4.69, 9.17) is 14.2 Å². The molecule has 13 heteroatoms. The predicted octanol–water partition coefficient (Wildman–Crippen LogP) is -5.11. The number of rotatable bonds is 6. The Bertz CT molecular complexity index is 579. The third-order valence-electron chi connectivity index (χ3n) is 4.78. The number of carbonyl (C=O) groups is 2. The molecule has 2 saturated heterocycles. The summed E-state index contributed by atoms with van der Waals surface area (Å²) >= 11 is 0. The van der Waals surface area contributed by atoms with Gasteiger partial charge in [0.25, 0.3) is 0 Å². The van der Waals surface area contributed by atoms with E-state index in [-0.39, 0.29) is 0 Å². The highest BCUT2D eigenvalue weighted by molar-refractivity contribution is 5.73. The van der Waals surface area contributed by atoms with Crippen LogP contribution in [0, 0.1) is 0 Å². The average molecular weight is 424 g/mol.